The van der Waals surface area contributed by atoms with E-state index < -0.39 is 0 Å². The van der Waals surface area contributed by atoms with E-state index in [-0.39, 0.29) is 27.6 Å². The highest BCUT2D eigenvalue weighted by atomic mass is 35.5. The lowest BCUT2D eigenvalue weighted by Gasteiger charge is -2.20. The van der Waals surface area contributed by atoms with Crippen molar-refractivity contribution in [3.8, 4) is 11.1 Å². The van der Waals surface area contributed by atoms with Gasteiger partial charge < -0.3 is 5.32 Å². The number of benzene rings is 2. The maximum atomic E-state index is 12.8. The first kappa shape index (κ1) is 20.5. The molecule has 0 heterocycles. The molecule has 2 nitrogen and oxygen atoms in total. The van der Waals surface area contributed by atoms with Crippen molar-refractivity contribution in [2.45, 2.75) is 46.1 Å². The molecule has 0 spiro atoms. The van der Waals surface area contributed by atoms with Crippen LogP contribution in [0.25, 0.3) is 11.1 Å². The van der Waals surface area contributed by atoms with Gasteiger partial charge in [-0.25, -0.2) is 0 Å². The average molecular weight is 428 g/mol. The molecule has 0 unspecified atom stereocenters. The number of fused-ring (bicyclic) bond motifs is 3. The van der Waals surface area contributed by atoms with Crippen LogP contribution in [0, 0.1) is 17.3 Å². The summed E-state index contributed by atoms with van der Waals surface area (Å²) in [6.45, 7) is 4.73. The quantitative estimate of drug-likeness (QED) is 0.597. The van der Waals surface area contributed by atoms with Gasteiger partial charge in [0.1, 0.15) is 4.49 Å². The molecule has 1 fully saturated rings. The van der Waals surface area contributed by atoms with E-state index in [4.69, 9.17) is 23.2 Å². The average Bonchev–Trinajstić information content (AvgIpc) is 3.21. The molecule has 2 aliphatic rings. The second kappa shape index (κ2) is 8.16. The predicted octanol–water partition coefficient (Wildman–Crippen LogP) is 6.44. The first-order valence-corrected chi connectivity index (χ1v) is 11.1. The zero-order chi connectivity index (χ0) is 20.6. The summed E-state index contributed by atoms with van der Waals surface area (Å²) in [5, 5.41) is 3.18. The number of amides is 1. The maximum absolute atomic E-state index is 12.8. The smallest absolute Gasteiger partial charge is 0.224 e. The summed E-state index contributed by atoms with van der Waals surface area (Å²) in [4.78, 5) is 12.8. The van der Waals surface area contributed by atoms with Crippen molar-refractivity contribution in [2.24, 2.45) is 17.3 Å². The van der Waals surface area contributed by atoms with Crippen LogP contribution in [-0.4, -0.2) is 5.91 Å². The topological polar surface area (TPSA) is 29.1 Å². The lowest BCUT2D eigenvalue weighted by molar-refractivity contribution is -0.123. The van der Waals surface area contributed by atoms with E-state index in [1.807, 2.05) is 0 Å². The van der Waals surface area contributed by atoms with Gasteiger partial charge in [-0.3, -0.25) is 4.79 Å². The van der Waals surface area contributed by atoms with E-state index >= 15 is 0 Å². The molecule has 2 aromatic rings. The fourth-order valence-corrected chi connectivity index (χ4v) is 5.16. The van der Waals surface area contributed by atoms with Crippen molar-refractivity contribution in [1.82, 2.24) is 5.32 Å². The van der Waals surface area contributed by atoms with E-state index in [1.165, 1.54) is 40.7 Å². The molecule has 152 valence electrons. The van der Waals surface area contributed by atoms with Crippen molar-refractivity contribution in [2.75, 3.05) is 0 Å². The van der Waals surface area contributed by atoms with Gasteiger partial charge in [0.25, 0.3) is 0 Å². The van der Waals surface area contributed by atoms with Gasteiger partial charge in [0.05, 0.1) is 5.92 Å². The summed E-state index contributed by atoms with van der Waals surface area (Å²) in [6.07, 6.45) is 6.34. The maximum Gasteiger partial charge on any atom is 0.224 e. The van der Waals surface area contributed by atoms with Crippen molar-refractivity contribution in [3.63, 3.8) is 0 Å². The number of aryl methyl sites for hydroxylation is 1. The van der Waals surface area contributed by atoms with Crippen molar-refractivity contribution in [3.05, 3.63) is 69.7 Å². The molecule has 2 aliphatic carbocycles. The summed E-state index contributed by atoms with van der Waals surface area (Å²) in [5.74, 6) is 0.0895. The standard InChI is InChI=1S/C25H27Cl2NO/c1-25(2)21(14-22(26)27)23(25)24(29)28-15-17-10-7-13-20-18-11-5-3-8-16(18)9-4-6-12-19(17)20/h3,5,7-8,10-11,13-14,21,23H,4,6,9,12,15H2,1-2H3,(H,28,29)/t21-,23+/m1/s1. The largest absolute Gasteiger partial charge is 0.352 e. The highest BCUT2D eigenvalue weighted by Gasteiger charge is 2.60. The molecule has 0 aliphatic heterocycles. The van der Waals surface area contributed by atoms with Crippen LogP contribution in [0.3, 0.4) is 0 Å². The van der Waals surface area contributed by atoms with Gasteiger partial charge in [-0.15, -0.1) is 0 Å². The molecule has 0 saturated heterocycles. The Morgan fingerprint density at radius 3 is 2.59 bits per heavy atom. The number of halogens is 2. The highest BCUT2D eigenvalue weighted by molar-refractivity contribution is 6.55. The number of hydrogen-bond donors (Lipinski definition) is 1. The minimum absolute atomic E-state index is 0.0784. The number of carbonyl (C=O) groups is 1. The SMILES string of the molecule is CC1(C)[C@H](C=C(Cl)Cl)[C@H]1C(=O)NCc1cccc2c1CCCCc1ccccc1-2. The van der Waals surface area contributed by atoms with Gasteiger partial charge in [-0.2, -0.15) is 0 Å². The minimum atomic E-state index is -0.108. The second-order valence-electron chi connectivity index (χ2n) is 8.81. The Hall–Kier alpha value is -1.77. The molecular formula is C25H27Cl2NO. The Morgan fingerprint density at radius 1 is 1.07 bits per heavy atom. The van der Waals surface area contributed by atoms with Gasteiger partial charge in [-0.05, 0) is 70.9 Å². The van der Waals surface area contributed by atoms with Crippen LogP contribution in [0.1, 0.15) is 43.4 Å². The molecular weight excluding hydrogens is 401 g/mol. The highest BCUT2D eigenvalue weighted by Crippen LogP contribution is 2.59. The second-order valence-corrected chi connectivity index (χ2v) is 9.81. The first-order valence-electron chi connectivity index (χ1n) is 10.4. The lowest BCUT2D eigenvalue weighted by atomic mass is 9.85. The summed E-state index contributed by atoms with van der Waals surface area (Å²) < 4.78 is 0.237. The van der Waals surface area contributed by atoms with Gasteiger partial charge in [0, 0.05) is 6.54 Å². The van der Waals surface area contributed by atoms with Crippen LogP contribution < -0.4 is 5.32 Å². The molecule has 4 heteroatoms. The number of hydrogen-bond acceptors (Lipinski definition) is 1. The van der Waals surface area contributed by atoms with E-state index in [9.17, 15) is 4.79 Å². The van der Waals surface area contributed by atoms with E-state index in [2.05, 4.69) is 61.6 Å². The zero-order valence-electron chi connectivity index (χ0n) is 17.0. The summed E-state index contributed by atoms with van der Waals surface area (Å²) in [6, 6.07) is 15.2. The number of carbonyl (C=O) groups excluding carboxylic acids is 1. The molecule has 0 aromatic heterocycles. The Bertz CT molecular complexity index is 959. The first-order chi connectivity index (χ1) is 13.9. The molecule has 1 N–H and O–H groups in total. The van der Waals surface area contributed by atoms with Crippen LogP contribution in [0.5, 0.6) is 0 Å². The van der Waals surface area contributed by atoms with E-state index in [0.717, 1.165) is 12.8 Å². The van der Waals surface area contributed by atoms with Crippen LogP contribution in [-0.2, 0) is 24.2 Å². The molecule has 0 bridgehead atoms. The van der Waals surface area contributed by atoms with Gasteiger partial charge >= 0.3 is 0 Å². The van der Waals surface area contributed by atoms with Crippen LogP contribution >= 0.6 is 23.2 Å². The molecule has 1 amide bonds. The van der Waals surface area contributed by atoms with Crippen molar-refractivity contribution < 1.29 is 4.79 Å². The normalized spacial score (nSPS) is 21.8. The monoisotopic (exact) mass is 427 g/mol. The number of rotatable bonds is 4. The third kappa shape index (κ3) is 4.11. The number of allylic oxidation sites excluding steroid dienone is 1. The predicted molar refractivity (Wildman–Crippen MR) is 121 cm³/mol. The Balaban J connectivity index is 1.55. The van der Waals surface area contributed by atoms with Crippen molar-refractivity contribution >= 4 is 29.1 Å². The Kier molecular flexibility index (Phi) is 5.77. The van der Waals surface area contributed by atoms with Crippen LogP contribution in [0.15, 0.2) is 53.0 Å². The van der Waals surface area contributed by atoms with Crippen molar-refractivity contribution in [1.29, 1.82) is 0 Å². The fraction of sp³-hybridized carbons (Fsp3) is 0.400. The van der Waals surface area contributed by atoms with E-state index in [1.54, 1.807) is 6.08 Å². The third-order valence-corrected chi connectivity index (χ3v) is 6.91. The molecule has 1 saturated carbocycles. The summed E-state index contributed by atoms with van der Waals surface area (Å²) in [5.41, 5.74) is 6.55. The number of nitrogens with one attached hydrogen (secondary N) is 1. The molecule has 4 rings (SSSR count). The van der Waals surface area contributed by atoms with Gasteiger partial charge in [-0.1, -0.05) is 79.5 Å². The minimum Gasteiger partial charge on any atom is -0.352 e. The third-order valence-electron chi connectivity index (χ3n) is 6.66. The van der Waals surface area contributed by atoms with E-state index in [0.29, 0.717) is 6.54 Å². The van der Waals surface area contributed by atoms with Crippen LogP contribution in [0.4, 0.5) is 0 Å². The Morgan fingerprint density at radius 2 is 1.79 bits per heavy atom. The summed E-state index contributed by atoms with van der Waals surface area (Å²) >= 11 is 11.7. The fourth-order valence-electron chi connectivity index (χ4n) is 4.88. The molecule has 29 heavy (non-hydrogen) atoms. The summed E-state index contributed by atoms with van der Waals surface area (Å²) in [7, 11) is 0. The lowest BCUT2D eigenvalue weighted by Crippen LogP contribution is -2.27. The Labute approximate surface area is 183 Å². The van der Waals surface area contributed by atoms with Gasteiger partial charge in [0.15, 0.2) is 0 Å². The molecule has 2 aromatic carbocycles. The molecule has 2 atom stereocenters. The zero-order valence-corrected chi connectivity index (χ0v) is 18.5. The van der Waals surface area contributed by atoms with Crippen LogP contribution in [0.2, 0.25) is 0 Å². The molecule has 0 radical (unpaired) electrons. The van der Waals surface area contributed by atoms with Gasteiger partial charge in [0.2, 0.25) is 5.91 Å².